The van der Waals surface area contributed by atoms with Crippen LogP contribution in [0.5, 0.6) is 0 Å². The first-order valence-electron chi connectivity index (χ1n) is 5.04. The van der Waals surface area contributed by atoms with Crippen molar-refractivity contribution >= 4 is 23.0 Å². The van der Waals surface area contributed by atoms with Crippen molar-refractivity contribution in [2.24, 2.45) is 7.05 Å². The van der Waals surface area contributed by atoms with E-state index in [1.54, 1.807) is 23.0 Å². The van der Waals surface area contributed by atoms with Crippen LogP contribution < -0.4 is 5.32 Å². The van der Waals surface area contributed by atoms with Crippen molar-refractivity contribution in [1.82, 2.24) is 9.55 Å². The zero-order valence-corrected chi connectivity index (χ0v) is 10.3. The number of aryl methyl sites for hydroxylation is 1. The number of aromatic nitrogens is 2. The van der Waals surface area contributed by atoms with Crippen molar-refractivity contribution in [3.05, 3.63) is 38.8 Å². The molecule has 1 N–H and O–H groups in total. The first kappa shape index (κ1) is 11.6. The molecule has 2 aromatic rings. The Balaban J connectivity index is 2.24. The number of imidazole rings is 1. The molecule has 17 heavy (non-hydrogen) atoms. The minimum Gasteiger partial charge on any atom is -0.358 e. The summed E-state index contributed by atoms with van der Waals surface area (Å²) in [5.74, 6) is 0.281. The molecule has 0 aliphatic heterocycles. The second-order valence-electron chi connectivity index (χ2n) is 3.71. The number of nitrogens with zero attached hydrogens (tertiary/aromatic N) is 3. The lowest BCUT2D eigenvalue weighted by molar-refractivity contribution is -0.388. The summed E-state index contributed by atoms with van der Waals surface area (Å²) in [6.45, 7) is 1.96. The van der Waals surface area contributed by atoms with Crippen LogP contribution in [0, 0.1) is 10.1 Å². The highest BCUT2D eigenvalue weighted by Gasteiger charge is 2.21. The van der Waals surface area contributed by atoms with E-state index in [1.807, 2.05) is 23.8 Å². The van der Waals surface area contributed by atoms with Crippen LogP contribution in [0.1, 0.15) is 18.5 Å². The summed E-state index contributed by atoms with van der Waals surface area (Å²) in [4.78, 5) is 14.1. The van der Waals surface area contributed by atoms with E-state index in [1.165, 1.54) is 6.33 Å². The molecule has 2 rings (SSSR count). The number of rotatable bonds is 4. The van der Waals surface area contributed by atoms with Crippen LogP contribution in [0.4, 0.5) is 11.6 Å². The van der Waals surface area contributed by atoms with Gasteiger partial charge in [0.15, 0.2) is 0 Å². The molecule has 0 fully saturated rings. The maximum atomic E-state index is 10.8. The number of nitrogens with one attached hydrogen (secondary N) is 1. The van der Waals surface area contributed by atoms with Gasteiger partial charge >= 0.3 is 5.82 Å². The summed E-state index contributed by atoms with van der Waals surface area (Å²) >= 11 is 1.60. The minimum atomic E-state index is -0.483. The molecule has 0 aromatic carbocycles. The van der Waals surface area contributed by atoms with Crippen molar-refractivity contribution in [3.8, 4) is 0 Å². The predicted molar refractivity (Wildman–Crippen MR) is 66.2 cm³/mol. The Labute approximate surface area is 102 Å². The van der Waals surface area contributed by atoms with Gasteiger partial charge in [-0.2, -0.15) is 11.3 Å². The molecule has 1 unspecified atom stereocenters. The second-order valence-corrected chi connectivity index (χ2v) is 4.49. The molecule has 1 atom stereocenters. The van der Waals surface area contributed by atoms with Crippen LogP contribution in [0.2, 0.25) is 0 Å². The zero-order chi connectivity index (χ0) is 12.4. The third kappa shape index (κ3) is 2.28. The van der Waals surface area contributed by atoms with Gasteiger partial charge in [0.1, 0.15) is 0 Å². The van der Waals surface area contributed by atoms with Crippen LogP contribution in [0.25, 0.3) is 0 Å². The van der Waals surface area contributed by atoms with Crippen LogP contribution >= 0.6 is 11.3 Å². The Morgan fingerprint density at radius 3 is 3.00 bits per heavy atom. The molecule has 0 aliphatic rings. The highest BCUT2D eigenvalue weighted by molar-refractivity contribution is 7.07. The van der Waals surface area contributed by atoms with E-state index < -0.39 is 4.92 Å². The maximum Gasteiger partial charge on any atom is 0.406 e. The smallest absolute Gasteiger partial charge is 0.358 e. The van der Waals surface area contributed by atoms with Crippen molar-refractivity contribution in [3.63, 3.8) is 0 Å². The topological polar surface area (TPSA) is 73.0 Å². The lowest BCUT2D eigenvalue weighted by atomic mass is 10.2. The van der Waals surface area contributed by atoms with Gasteiger partial charge in [-0.3, -0.25) is 4.57 Å². The fourth-order valence-corrected chi connectivity index (χ4v) is 2.28. The summed E-state index contributed by atoms with van der Waals surface area (Å²) in [6.07, 6.45) is 1.43. The van der Waals surface area contributed by atoms with Gasteiger partial charge in [0, 0.05) is 7.05 Å². The van der Waals surface area contributed by atoms with E-state index in [-0.39, 0.29) is 11.9 Å². The lowest BCUT2D eigenvalue weighted by Crippen LogP contribution is -2.10. The SMILES string of the molecule is CC(Nc1c([N+](=O)[O-])ncn1C)c1ccsc1. The normalized spacial score (nSPS) is 12.4. The lowest BCUT2D eigenvalue weighted by Gasteiger charge is -2.13. The van der Waals surface area contributed by atoms with Gasteiger partial charge in [0.25, 0.3) is 0 Å². The average molecular weight is 252 g/mol. The van der Waals surface area contributed by atoms with E-state index in [0.29, 0.717) is 5.82 Å². The van der Waals surface area contributed by atoms with E-state index in [2.05, 4.69) is 10.3 Å². The predicted octanol–water partition coefficient (Wildman–Crippen LogP) is 2.56. The van der Waals surface area contributed by atoms with Gasteiger partial charge in [0.05, 0.1) is 6.04 Å². The number of nitro groups is 1. The van der Waals surface area contributed by atoms with Gasteiger partial charge in [0.2, 0.25) is 12.1 Å². The van der Waals surface area contributed by atoms with Crippen molar-refractivity contribution in [2.75, 3.05) is 5.32 Å². The molecule has 0 saturated heterocycles. The largest absolute Gasteiger partial charge is 0.406 e. The Hall–Kier alpha value is -1.89. The summed E-state index contributed by atoms with van der Waals surface area (Å²) in [5.41, 5.74) is 1.10. The molecule has 0 radical (unpaired) electrons. The molecular weight excluding hydrogens is 240 g/mol. The second kappa shape index (κ2) is 4.54. The average Bonchev–Trinajstić information content (AvgIpc) is 2.89. The summed E-state index contributed by atoms with van der Waals surface area (Å²) in [6, 6.07) is 2.00. The number of thiophene rings is 1. The number of hydrogen-bond donors (Lipinski definition) is 1. The fourth-order valence-electron chi connectivity index (χ4n) is 1.53. The molecular formula is C10H12N4O2S. The third-order valence-electron chi connectivity index (χ3n) is 2.49. The third-order valence-corrected chi connectivity index (χ3v) is 3.19. The molecule has 0 amide bonds. The van der Waals surface area contributed by atoms with E-state index >= 15 is 0 Å². The molecule has 0 spiro atoms. The molecule has 0 saturated carbocycles. The van der Waals surface area contributed by atoms with E-state index in [4.69, 9.17) is 0 Å². The molecule has 6 nitrogen and oxygen atoms in total. The Morgan fingerprint density at radius 1 is 1.65 bits per heavy atom. The summed E-state index contributed by atoms with van der Waals surface area (Å²) in [5, 5.41) is 17.9. The first-order chi connectivity index (χ1) is 8.09. The summed E-state index contributed by atoms with van der Waals surface area (Å²) in [7, 11) is 1.72. The monoisotopic (exact) mass is 252 g/mol. The first-order valence-corrected chi connectivity index (χ1v) is 5.98. The van der Waals surface area contributed by atoms with Gasteiger partial charge < -0.3 is 15.4 Å². The maximum absolute atomic E-state index is 10.8. The molecule has 2 aromatic heterocycles. The number of anilines is 1. The van der Waals surface area contributed by atoms with Crippen molar-refractivity contribution in [1.29, 1.82) is 0 Å². The van der Waals surface area contributed by atoms with Crippen molar-refractivity contribution < 1.29 is 4.92 Å². The molecule has 7 heteroatoms. The molecule has 0 aliphatic carbocycles. The Morgan fingerprint density at radius 2 is 2.41 bits per heavy atom. The van der Waals surface area contributed by atoms with Crippen molar-refractivity contribution in [2.45, 2.75) is 13.0 Å². The quantitative estimate of drug-likeness (QED) is 0.670. The van der Waals surface area contributed by atoms with E-state index in [0.717, 1.165) is 5.56 Å². The zero-order valence-electron chi connectivity index (χ0n) is 9.45. The van der Waals surface area contributed by atoms with Gasteiger partial charge in [-0.05, 0) is 39.2 Å². The van der Waals surface area contributed by atoms with Crippen LogP contribution in [0.3, 0.4) is 0 Å². The fraction of sp³-hybridized carbons (Fsp3) is 0.300. The van der Waals surface area contributed by atoms with Gasteiger partial charge in [-0.15, -0.1) is 0 Å². The summed E-state index contributed by atoms with van der Waals surface area (Å²) < 4.78 is 1.61. The molecule has 90 valence electrons. The van der Waals surface area contributed by atoms with Crippen LogP contribution in [-0.2, 0) is 7.05 Å². The molecule has 2 heterocycles. The standard InChI is InChI=1S/C10H12N4O2S/c1-7(8-3-4-17-5-8)12-10-9(14(15)16)11-6-13(10)2/h3-7,12H,1-2H3. The minimum absolute atomic E-state index is 0.00958. The molecule has 0 bridgehead atoms. The van der Waals surface area contributed by atoms with Gasteiger partial charge in [-0.1, -0.05) is 0 Å². The van der Waals surface area contributed by atoms with Crippen LogP contribution in [-0.4, -0.2) is 14.5 Å². The van der Waals surface area contributed by atoms with E-state index in [9.17, 15) is 10.1 Å². The van der Waals surface area contributed by atoms with Gasteiger partial charge in [-0.25, -0.2) is 0 Å². The van der Waals surface area contributed by atoms with Crippen LogP contribution in [0.15, 0.2) is 23.2 Å². The Kier molecular flexibility index (Phi) is 3.10. The highest BCUT2D eigenvalue weighted by Crippen LogP contribution is 2.26. The number of hydrogen-bond acceptors (Lipinski definition) is 5. The highest BCUT2D eigenvalue weighted by atomic mass is 32.1. The Bertz CT molecular complexity index is 520.